The van der Waals surface area contributed by atoms with Crippen LogP contribution < -0.4 is 5.73 Å². The van der Waals surface area contributed by atoms with Crippen LogP contribution in [-0.2, 0) is 4.74 Å². The van der Waals surface area contributed by atoms with Crippen LogP contribution in [0, 0.1) is 0 Å². The average Bonchev–Trinajstić information content (AvgIpc) is 2.41. The first kappa shape index (κ1) is 14.9. The summed E-state index contributed by atoms with van der Waals surface area (Å²) >= 11 is 3.59. The number of rotatable bonds is 4. The summed E-state index contributed by atoms with van der Waals surface area (Å²) in [6, 6.07) is 8.30. The number of morpholine rings is 1. The number of ether oxygens (including phenoxy) is 1. The Bertz CT molecular complexity index is 416. The summed E-state index contributed by atoms with van der Waals surface area (Å²) < 4.78 is 6.76. The average molecular weight is 329 g/mol. The van der Waals surface area contributed by atoms with Gasteiger partial charge in [0.25, 0.3) is 0 Å². The van der Waals surface area contributed by atoms with Crippen LogP contribution in [0.1, 0.15) is 18.5 Å². The lowest BCUT2D eigenvalue weighted by atomic mass is 10.0. The van der Waals surface area contributed by atoms with Crippen LogP contribution in [0.5, 0.6) is 0 Å². The predicted octanol–water partition coefficient (Wildman–Crippen LogP) is 1.53. The summed E-state index contributed by atoms with van der Waals surface area (Å²) in [4.78, 5) is 2.30. The smallest absolute Gasteiger partial charge is 0.0936 e. The van der Waals surface area contributed by atoms with Crippen molar-refractivity contribution in [2.24, 2.45) is 5.73 Å². The maximum atomic E-state index is 9.31. The normalized spacial score (nSPS) is 26.3. The number of nitrogens with two attached hydrogens (primary N) is 1. The molecule has 1 heterocycles. The fourth-order valence-electron chi connectivity index (χ4n) is 2.65. The molecule has 5 heteroatoms. The van der Waals surface area contributed by atoms with E-state index < -0.39 is 0 Å². The molecule has 1 aliphatic heterocycles. The fraction of sp³-hybridized carbons (Fsp3) is 0.571. The van der Waals surface area contributed by atoms with Gasteiger partial charge in [-0.3, -0.25) is 4.90 Å². The zero-order chi connectivity index (χ0) is 13.8. The van der Waals surface area contributed by atoms with Crippen molar-refractivity contribution in [2.75, 3.05) is 26.2 Å². The van der Waals surface area contributed by atoms with Crippen molar-refractivity contribution in [2.45, 2.75) is 25.2 Å². The lowest BCUT2D eigenvalue weighted by Gasteiger charge is -2.40. The standard InChI is InChI=1S/C14H21BrN2O2/c1-10-7-17(8-11(9-18)19-10)14(6-16)12-4-2-3-5-13(12)15/h2-5,10-11,14,18H,6-9,16H2,1H3. The third-order valence-corrected chi connectivity index (χ3v) is 4.21. The van der Waals surface area contributed by atoms with Crippen molar-refractivity contribution >= 4 is 15.9 Å². The van der Waals surface area contributed by atoms with Crippen LogP contribution >= 0.6 is 15.9 Å². The Morgan fingerprint density at radius 2 is 2.21 bits per heavy atom. The van der Waals surface area contributed by atoms with Crippen molar-refractivity contribution in [1.29, 1.82) is 0 Å². The van der Waals surface area contributed by atoms with Crippen molar-refractivity contribution in [3.8, 4) is 0 Å². The van der Waals surface area contributed by atoms with E-state index >= 15 is 0 Å². The van der Waals surface area contributed by atoms with E-state index in [1.165, 1.54) is 5.56 Å². The molecular formula is C14H21BrN2O2. The number of halogens is 1. The van der Waals surface area contributed by atoms with Gasteiger partial charge in [0.2, 0.25) is 0 Å². The van der Waals surface area contributed by atoms with E-state index in [-0.39, 0.29) is 24.9 Å². The Balaban J connectivity index is 2.19. The zero-order valence-corrected chi connectivity index (χ0v) is 12.7. The summed E-state index contributed by atoms with van der Waals surface area (Å²) in [6.45, 7) is 4.17. The molecule has 0 radical (unpaired) electrons. The summed E-state index contributed by atoms with van der Waals surface area (Å²) in [5.74, 6) is 0. The van der Waals surface area contributed by atoms with Crippen molar-refractivity contribution in [3.05, 3.63) is 34.3 Å². The highest BCUT2D eigenvalue weighted by atomic mass is 79.9. The van der Waals surface area contributed by atoms with Gasteiger partial charge in [0.1, 0.15) is 0 Å². The van der Waals surface area contributed by atoms with Gasteiger partial charge in [-0.15, -0.1) is 0 Å². The molecule has 19 heavy (non-hydrogen) atoms. The van der Waals surface area contributed by atoms with Gasteiger partial charge >= 0.3 is 0 Å². The first-order valence-corrected chi connectivity index (χ1v) is 7.39. The molecule has 0 spiro atoms. The Morgan fingerprint density at radius 3 is 2.84 bits per heavy atom. The van der Waals surface area contributed by atoms with Crippen molar-refractivity contribution in [3.63, 3.8) is 0 Å². The molecule has 106 valence electrons. The number of hydrogen-bond acceptors (Lipinski definition) is 4. The van der Waals surface area contributed by atoms with E-state index in [1.54, 1.807) is 0 Å². The van der Waals surface area contributed by atoms with E-state index in [4.69, 9.17) is 10.5 Å². The highest BCUT2D eigenvalue weighted by molar-refractivity contribution is 9.10. The van der Waals surface area contributed by atoms with Gasteiger partial charge in [0.05, 0.1) is 18.8 Å². The summed E-state index contributed by atoms with van der Waals surface area (Å²) in [5.41, 5.74) is 7.16. The second kappa shape index (κ2) is 6.81. The van der Waals surface area contributed by atoms with Gasteiger partial charge in [0, 0.05) is 30.1 Å². The summed E-state index contributed by atoms with van der Waals surface area (Å²) in [6.07, 6.45) is -0.0114. The second-order valence-electron chi connectivity index (χ2n) is 4.98. The lowest BCUT2D eigenvalue weighted by molar-refractivity contribution is -0.105. The van der Waals surface area contributed by atoms with Gasteiger partial charge in [-0.1, -0.05) is 34.1 Å². The molecule has 3 atom stereocenters. The Labute approximate surface area is 122 Å². The Hall–Kier alpha value is -0.460. The molecular weight excluding hydrogens is 308 g/mol. The molecule has 1 aromatic rings. The molecule has 4 nitrogen and oxygen atoms in total. The molecule has 0 bridgehead atoms. The number of benzene rings is 1. The predicted molar refractivity (Wildman–Crippen MR) is 78.9 cm³/mol. The SMILES string of the molecule is CC1CN(C(CN)c2ccccc2Br)CC(CO)O1. The largest absolute Gasteiger partial charge is 0.394 e. The number of nitrogens with zero attached hydrogens (tertiary/aromatic N) is 1. The minimum absolute atomic E-state index is 0.0497. The van der Waals surface area contributed by atoms with E-state index in [0.717, 1.165) is 11.0 Å². The molecule has 0 aliphatic carbocycles. The van der Waals surface area contributed by atoms with E-state index in [0.29, 0.717) is 13.1 Å². The Morgan fingerprint density at radius 1 is 1.47 bits per heavy atom. The molecule has 3 unspecified atom stereocenters. The van der Waals surface area contributed by atoms with Crippen molar-refractivity contribution in [1.82, 2.24) is 4.90 Å². The molecule has 2 rings (SSSR count). The molecule has 0 aromatic heterocycles. The minimum Gasteiger partial charge on any atom is -0.394 e. The topological polar surface area (TPSA) is 58.7 Å². The molecule has 1 fully saturated rings. The maximum absolute atomic E-state index is 9.31. The molecule has 1 saturated heterocycles. The molecule has 1 aromatic carbocycles. The van der Waals surface area contributed by atoms with Crippen LogP contribution in [0.3, 0.4) is 0 Å². The van der Waals surface area contributed by atoms with Crippen LogP contribution in [-0.4, -0.2) is 48.5 Å². The quantitative estimate of drug-likeness (QED) is 0.880. The monoisotopic (exact) mass is 328 g/mol. The third kappa shape index (κ3) is 3.55. The Kier molecular flexibility index (Phi) is 5.36. The van der Waals surface area contributed by atoms with Gasteiger partial charge in [-0.25, -0.2) is 0 Å². The third-order valence-electron chi connectivity index (χ3n) is 3.49. The number of aliphatic hydroxyl groups is 1. The van der Waals surface area contributed by atoms with Gasteiger partial charge in [-0.05, 0) is 18.6 Å². The molecule has 0 amide bonds. The van der Waals surface area contributed by atoms with E-state index in [9.17, 15) is 5.11 Å². The maximum Gasteiger partial charge on any atom is 0.0936 e. The minimum atomic E-state index is -0.125. The molecule has 0 saturated carbocycles. The van der Waals surface area contributed by atoms with Crippen LogP contribution in [0.15, 0.2) is 28.7 Å². The molecule has 1 aliphatic rings. The van der Waals surface area contributed by atoms with E-state index in [1.807, 2.05) is 25.1 Å². The molecule has 3 N–H and O–H groups in total. The number of aliphatic hydroxyl groups excluding tert-OH is 1. The van der Waals surface area contributed by atoms with Gasteiger partial charge in [0.15, 0.2) is 0 Å². The van der Waals surface area contributed by atoms with Crippen LogP contribution in [0.4, 0.5) is 0 Å². The summed E-state index contributed by atoms with van der Waals surface area (Å²) in [5, 5.41) is 9.31. The highest BCUT2D eigenvalue weighted by Crippen LogP contribution is 2.29. The highest BCUT2D eigenvalue weighted by Gasteiger charge is 2.30. The zero-order valence-electron chi connectivity index (χ0n) is 11.1. The number of hydrogen-bond donors (Lipinski definition) is 2. The van der Waals surface area contributed by atoms with Crippen molar-refractivity contribution < 1.29 is 9.84 Å². The fourth-order valence-corrected chi connectivity index (χ4v) is 3.20. The second-order valence-corrected chi connectivity index (χ2v) is 5.83. The lowest BCUT2D eigenvalue weighted by Crippen LogP contribution is -2.50. The van der Waals surface area contributed by atoms with E-state index in [2.05, 4.69) is 26.9 Å². The first-order chi connectivity index (χ1) is 9.15. The van der Waals surface area contributed by atoms with Crippen LogP contribution in [0.2, 0.25) is 0 Å². The first-order valence-electron chi connectivity index (χ1n) is 6.60. The summed E-state index contributed by atoms with van der Waals surface area (Å²) in [7, 11) is 0. The van der Waals surface area contributed by atoms with Gasteiger partial charge < -0.3 is 15.6 Å². The van der Waals surface area contributed by atoms with Crippen LogP contribution in [0.25, 0.3) is 0 Å². The van der Waals surface area contributed by atoms with Gasteiger partial charge in [-0.2, -0.15) is 0 Å².